The highest BCUT2D eigenvalue weighted by molar-refractivity contribution is 5.98. The van der Waals surface area contributed by atoms with Crippen molar-refractivity contribution in [1.82, 2.24) is 5.32 Å². The first-order valence-corrected chi connectivity index (χ1v) is 7.23. The average molecular weight is 318 g/mol. The molecular formula is C17H22N2O4. The third-order valence-electron chi connectivity index (χ3n) is 3.00. The first-order chi connectivity index (χ1) is 10.8. The minimum atomic E-state index is -0.758. The molecule has 0 spiro atoms. The number of rotatable bonds is 6. The summed E-state index contributed by atoms with van der Waals surface area (Å²) in [7, 11) is 1.28. The fourth-order valence-electron chi connectivity index (χ4n) is 1.89. The molecule has 0 radical (unpaired) electrons. The minimum Gasteiger partial charge on any atom is -0.467 e. The lowest BCUT2D eigenvalue weighted by Gasteiger charge is -2.15. The molecule has 6 nitrogen and oxygen atoms in total. The van der Waals surface area contributed by atoms with Crippen LogP contribution in [-0.4, -0.2) is 30.9 Å². The summed E-state index contributed by atoms with van der Waals surface area (Å²) in [4.78, 5) is 35.2. The molecule has 0 aromatic heterocycles. The number of esters is 1. The van der Waals surface area contributed by atoms with Gasteiger partial charge in [-0.25, -0.2) is 4.79 Å². The summed E-state index contributed by atoms with van der Waals surface area (Å²) >= 11 is 0. The highest BCUT2D eigenvalue weighted by Crippen LogP contribution is 2.11. The van der Waals surface area contributed by atoms with Crippen molar-refractivity contribution in [3.63, 3.8) is 0 Å². The number of hydrogen-bond acceptors (Lipinski definition) is 4. The summed E-state index contributed by atoms with van der Waals surface area (Å²) in [5.74, 6) is -1.14. The highest BCUT2D eigenvalue weighted by atomic mass is 16.5. The van der Waals surface area contributed by atoms with E-state index in [1.807, 2.05) is 19.9 Å². The van der Waals surface area contributed by atoms with Crippen LogP contribution >= 0.6 is 0 Å². The van der Waals surface area contributed by atoms with Crippen LogP contribution in [0.15, 0.2) is 35.9 Å². The molecular weight excluding hydrogens is 296 g/mol. The molecule has 0 saturated heterocycles. The van der Waals surface area contributed by atoms with Gasteiger partial charge < -0.3 is 15.4 Å². The van der Waals surface area contributed by atoms with Crippen LogP contribution in [0, 0.1) is 0 Å². The number of amides is 2. The number of ether oxygens (including phenoxy) is 1. The molecule has 0 unspecified atom stereocenters. The summed E-state index contributed by atoms with van der Waals surface area (Å²) < 4.78 is 4.72. The fourth-order valence-corrected chi connectivity index (χ4v) is 1.89. The van der Waals surface area contributed by atoms with Crippen molar-refractivity contribution < 1.29 is 19.1 Å². The zero-order chi connectivity index (χ0) is 17.4. The monoisotopic (exact) mass is 318 g/mol. The van der Waals surface area contributed by atoms with Gasteiger partial charge in [0.1, 0.15) is 6.04 Å². The van der Waals surface area contributed by atoms with Gasteiger partial charge in [0.2, 0.25) is 5.91 Å². The Morgan fingerprint density at radius 1 is 1.22 bits per heavy atom. The maximum absolute atomic E-state index is 12.3. The summed E-state index contributed by atoms with van der Waals surface area (Å²) in [6.45, 7) is 5.21. The molecule has 0 aliphatic heterocycles. The summed E-state index contributed by atoms with van der Waals surface area (Å²) in [6.07, 6.45) is 2.21. The summed E-state index contributed by atoms with van der Waals surface area (Å²) in [5.41, 5.74) is 1.91. The van der Waals surface area contributed by atoms with E-state index in [0.717, 1.165) is 5.57 Å². The SMILES string of the molecule is COC(=O)[C@H](CC=C(C)C)NC(=O)c1cccc(NC(C)=O)c1. The van der Waals surface area contributed by atoms with Crippen LogP contribution < -0.4 is 10.6 Å². The largest absolute Gasteiger partial charge is 0.467 e. The van der Waals surface area contributed by atoms with Gasteiger partial charge in [0.05, 0.1) is 7.11 Å². The van der Waals surface area contributed by atoms with Gasteiger partial charge in [-0.05, 0) is 38.5 Å². The number of nitrogens with one attached hydrogen (secondary N) is 2. The molecule has 2 N–H and O–H groups in total. The maximum Gasteiger partial charge on any atom is 0.328 e. The van der Waals surface area contributed by atoms with E-state index in [2.05, 4.69) is 10.6 Å². The Kier molecular flexibility index (Phi) is 6.99. The molecule has 1 atom stereocenters. The minimum absolute atomic E-state index is 0.224. The molecule has 6 heteroatoms. The Morgan fingerprint density at radius 3 is 2.48 bits per heavy atom. The Balaban J connectivity index is 2.87. The van der Waals surface area contributed by atoms with Crippen molar-refractivity contribution in [1.29, 1.82) is 0 Å². The molecule has 0 aliphatic rings. The van der Waals surface area contributed by atoms with Crippen molar-refractivity contribution in [2.24, 2.45) is 0 Å². The van der Waals surface area contributed by atoms with E-state index in [-0.39, 0.29) is 5.91 Å². The van der Waals surface area contributed by atoms with E-state index >= 15 is 0 Å². The normalized spacial score (nSPS) is 11.1. The number of hydrogen-bond donors (Lipinski definition) is 2. The van der Waals surface area contributed by atoms with E-state index < -0.39 is 17.9 Å². The van der Waals surface area contributed by atoms with Crippen molar-refractivity contribution in [2.75, 3.05) is 12.4 Å². The van der Waals surface area contributed by atoms with Gasteiger partial charge in [-0.2, -0.15) is 0 Å². The molecule has 23 heavy (non-hydrogen) atoms. The van der Waals surface area contributed by atoms with Crippen LogP contribution in [0.4, 0.5) is 5.69 Å². The lowest BCUT2D eigenvalue weighted by molar-refractivity contribution is -0.142. The predicted molar refractivity (Wildman–Crippen MR) is 88.1 cm³/mol. The van der Waals surface area contributed by atoms with Gasteiger partial charge in [0.15, 0.2) is 0 Å². The van der Waals surface area contributed by atoms with Gasteiger partial charge in [-0.1, -0.05) is 17.7 Å². The molecule has 0 aliphatic carbocycles. The Morgan fingerprint density at radius 2 is 1.91 bits per heavy atom. The third-order valence-corrected chi connectivity index (χ3v) is 3.00. The van der Waals surface area contributed by atoms with Gasteiger partial charge in [-0.3, -0.25) is 9.59 Å². The van der Waals surface area contributed by atoms with E-state index in [1.165, 1.54) is 14.0 Å². The standard InChI is InChI=1S/C17H22N2O4/c1-11(2)8-9-15(17(22)23-4)19-16(21)13-6-5-7-14(10-13)18-12(3)20/h5-8,10,15H,9H2,1-4H3,(H,18,20)(H,19,21)/t15-/m0/s1. The number of methoxy groups -OCH3 is 1. The van der Waals surface area contributed by atoms with Crippen LogP contribution in [-0.2, 0) is 14.3 Å². The molecule has 1 aromatic rings. The predicted octanol–water partition coefficient (Wildman–Crippen LogP) is 2.27. The molecule has 0 heterocycles. The maximum atomic E-state index is 12.3. The number of carbonyl (C=O) groups is 3. The number of allylic oxidation sites excluding steroid dienone is 1. The average Bonchev–Trinajstić information content (AvgIpc) is 2.49. The van der Waals surface area contributed by atoms with E-state index in [4.69, 9.17) is 4.74 Å². The van der Waals surface area contributed by atoms with Crippen LogP contribution in [0.5, 0.6) is 0 Å². The van der Waals surface area contributed by atoms with Crippen molar-refractivity contribution in [3.8, 4) is 0 Å². The quantitative estimate of drug-likeness (QED) is 0.622. The van der Waals surface area contributed by atoms with Crippen molar-refractivity contribution >= 4 is 23.5 Å². The number of benzene rings is 1. The Hall–Kier alpha value is -2.63. The summed E-state index contributed by atoms with van der Waals surface area (Å²) in [5, 5.41) is 5.26. The van der Waals surface area contributed by atoms with Crippen molar-refractivity contribution in [3.05, 3.63) is 41.5 Å². The first-order valence-electron chi connectivity index (χ1n) is 7.23. The second-order valence-corrected chi connectivity index (χ2v) is 5.33. The fraction of sp³-hybridized carbons (Fsp3) is 0.353. The second kappa shape index (κ2) is 8.73. The Bertz CT molecular complexity index is 619. The highest BCUT2D eigenvalue weighted by Gasteiger charge is 2.21. The lowest BCUT2D eigenvalue weighted by Crippen LogP contribution is -2.41. The zero-order valence-electron chi connectivity index (χ0n) is 13.8. The van der Waals surface area contributed by atoms with Gasteiger partial charge in [0, 0.05) is 18.2 Å². The number of carbonyl (C=O) groups excluding carboxylic acids is 3. The number of anilines is 1. The molecule has 2 amide bonds. The van der Waals surface area contributed by atoms with Gasteiger partial charge in [0.25, 0.3) is 5.91 Å². The van der Waals surface area contributed by atoms with Crippen molar-refractivity contribution in [2.45, 2.75) is 33.2 Å². The molecule has 0 fully saturated rings. The molecule has 0 bridgehead atoms. The zero-order valence-corrected chi connectivity index (χ0v) is 13.8. The smallest absolute Gasteiger partial charge is 0.328 e. The van der Waals surface area contributed by atoms with Crippen LogP contribution in [0.1, 0.15) is 37.6 Å². The van der Waals surface area contributed by atoms with Gasteiger partial charge in [-0.15, -0.1) is 0 Å². The van der Waals surface area contributed by atoms with Crippen LogP contribution in [0.3, 0.4) is 0 Å². The summed E-state index contributed by atoms with van der Waals surface area (Å²) in [6, 6.07) is 5.73. The van der Waals surface area contributed by atoms with Crippen LogP contribution in [0.2, 0.25) is 0 Å². The van der Waals surface area contributed by atoms with Gasteiger partial charge >= 0.3 is 5.97 Å². The van der Waals surface area contributed by atoms with E-state index in [1.54, 1.807) is 24.3 Å². The molecule has 1 rings (SSSR count). The Labute approximate surface area is 135 Å². The molecule has 0 saturated carbocycles. The topological polar surface area (TPSA) is 84.5 Å². The van der Waals surface area contributed by atoms with E-state index in [9.17, 15) is 14.4 Å². The van der Waals surface area contributed by atoms with Crippen LogP contribution in [0.25, 0.3) is 0 Å². The molecule has 124 valence electrons. The second-order valence-electron chi connectivity index (χ2n) is 5.33. The van der Waals surface area contributed by atoms with E-state index in [0.29, 0.717) is 17.7 Å². The molecule has 1 aromatic carbocycles. The lowest BCUT2D eigenvalue weighted by atomic mass is 10.1. The first kappa shape index (κ1) is 18.4. The third kappa shape index (κ3) is 6.34.